The van der Waals surface area contributed by atoms with Crippen LogP contribution >= 0.6 is 8.03 Å². The predicted molar refractivity (Wildman–Crippen MR) is 70.5 cm³/mol. The molecule has 1 unspecified atom stereocenters. The lowest BCUT2D eigenvalue weighted by Gasteiger charge is -2.20. The van der Waals surface area contributed by atoms with E-state index in [0.29, 0.717) is 0 Å². The second-order valence-electron chi connectivity index (χ2n) is 4.12. The van der Waals surface area contributed by atoms with Crippen molar-refractivity contribution < 1.29 is 9.09 Å². The van der Waals surface area contributed by atoms with Crippen molar-refractivity contribution in [2.24, 2.45) is 0 Å². The second-order valence-corrected chi connectivity index (χ2v) is 5.44. The zero-order valence-corrected chi connectivity index (χ0v) is 10.6. The van der Waals surface area contributed by atoms with E-state index in [9.17, 15) is 4.57 Å². The van der Waals surface area contributed by atoms with E-state index in [1.165, 1.54) is 5.56 Å². The van der Waals surface area contributed by atoms with Crippen molar-refractivity contribution in [3.8, 4) is 16.9 Å². The molecule has 0 bridgehead atoms. The summed E-state index contributed by atoms with van der Waals surface area (Å²) in [5.41, 5.74) is 3.38. The minimum absolute atomic E-state index is 0.741. The lowest BCUT2D eigenvalue weighted by atomic mass is 10.0. The van der Waals surface area contributed by atoms with Gasteiger partial charge in [0.05, 0.1) is 5.30 Å². The van der Waals surface area contributed by atoms with Gasteiger partial charge in [0.15, 0.2) is 0 Å². The lowest BCUT2D eigenvalue weighted by Crippen LogP contribution is -2.10. The molecule has 2 nitrogen and oxygen atoms in total. The van der Waals surface area contributed by atoms with E-state index in [4.69, 9.17) is 4.52 Å². The summed E-state index contributed by atoms with van der Waals surface area (Å²) in [6.45, 7) is 2.13. The molecule has 3 heteroatoms. The molecule has 2 aromatic carbocycles. The molecule has 2 aromatic rings. The molecule has 0 fully saturated rings. The highest BCUT2D eigenvalue weighted by molar-refractivity contribution is 7.49. The molecule has 17 heavy (non-hydrogen) atoms. The first-order chi connectivity index (χ1) is 8.29. The number of hydrogen-bond acceptors (Lipinski definition) is 2. The van der Waals surface area contributed by atoms with Gasteiger partial charge < -0.3 is 4.52 Å². The molecule has 1 atom stereocenters. The minimum Gasteiger partial charge on any atom is -0.441 e. The Balaban J connectivity index is 2.27. The van der Waals surface area contributed by atoms with Crippen LogP contribution in [-0.4, -0.2) is 0 Å². The minimum atomic E-state index is -2.13. The first kappa shape index (κ1) is 10.6. The average molecular weight is 244 g/mol. The van der Waals surface area contributed by atoms with E-state index in [2.05, 4.69) is 13.0 Å². The van der Waals surface area contributed by atoms with Gasteiger partial charge in [-0.2, -0.15) is 0 Å². The zero-order valence-electron chi connectivity index (χ0n) is 9.57. The maximum atomic E-state index is 12.0. The second kappa shape index (κ2) is 4.05. The Morgan fingerprint density at radius 1 is 1.12 bits per heavy atom. The molecule has 0 aromatic heterocycles. The van der Waals surface area contributed by atoms with Crippen molar-refractivity contribution in [1.29, 1.82) is 0 Å². The van der Waals surface area contributed by atoms with Gasteiger partial charge in [0.25, 0.3) is 8.03 Å². The molecule has 0 amide bonds. The van der Waals surface area contributed by atoms with Gasteiger partial charge in [-0.15, -0.1) is 0 Å². The molecule has 86 valence electrons. The number of hydrogen-bond donors (Lipinski definition) is 0. The fourth-order valence-corrected chi connectivity index (χ4v) is 3.31. The van der Waals surface area contributed by atoms with Crippen LogP contribution in [0.3, 0.4) is 0 Å². The normalized spacial score (nSPS) is 16.9. The third-order valence-corrected chi connectivity index (χ3v) is 4.37. The van der Waals surface area contributed by atoms with Gasteiger partial charge in [0.2, 0.25) is 0 Å². The third kappa shape index (κ3) is 1.69. The zero-order chi connectivity index (χ0) is 11.8. The molecule has 1 aliphatic heterocycles. The molecule has 1 aliphatic rings. The summed E-state index contributed by atoms with van der Waals surface area (Å²) in [5.74, 6) is 0.741. The molecule has 0 aliphatic carbocycles. The van der Waals surface area contributed by atoms with Crippen LogP contribution in [0.1, 0.15) is 12.5 Å². The summed E-state index contributed by atoms with van der Waals surface area (Å²) in [6.07, 6.45) is 0.991. The van der Waals surface area contributed by atoms with Crippen LogP contribution in [0.25, 0.3) is 11.1 Å². The van der Waals surface area contributed by atoms with Crippen molar-refractivity contribution in [2.75, 3.05) is 0 Å². The van der Waals surface area contributed by atoms with E-state index in [1.54, 1.807) is 0 Å². The summed E-state index contributed by atoms with van der Waals surface area (Å²) in [6, 6.07) is 13.9. The first-order valence-electron chi connectivity index (χ1n) is 5.74. The largest absolute Gasteiger partial charge is 0.441 e. The Morgan fingerprint density at radius 2 is 1.94 bits per heavy atom. The summed E-state index contributed by atoms with van der Waals surface area (Å²) in [7, 11) is -2.13. The van der Waals surface area contributed by atoms with Gasteiger partial charge >= 0.3 is 0 Å². The Hall–Kier alpha value is -1.53. The SMILES string of the molecule is CCc1ccc2c(c1)-c1ccccc1[PH](=O)O2. The van der Waals surface area contributed by atoms with E-state index in [0.717, 1.165) is 28.6 Å². The molecular weight excluding hydrogens is 231 g/mol. The Morgan fingerprint density at radius 3 is 2.76 bits per heavy atom. The van der Waals surface area contributed by atoms with Crippen LogP contribution in [0.2, 0.25) is 0 Å². The Labute approximate surface area is 101 Å². The van der Waals surface area contributed by atoms with Gasteiger partial charge in [0, 0.05) is 5.56 Å². The van der Waals surface area contributed by atoms with Gasteiger partial charge in [-0.05, 0) is 35.7 Å². The van der Waals surface area contributed by atoms with E-state index >= 15 is 0 Å². The summed E-state index contributed by atoms with van der Waals surface area (Å²) >= 11 is 0. The predicted octanol–water partition coefficient (Wildman–Crippen LogP) is 3.41. The molecule has 0 N–H and O–H groups in total. The fraction of sp³-hybridized carbons (Fsp3) is 0.143. The molecule has 0 saturated heterocycles. The summed E-state index contributed by atoms with van der Waals surface area (Å²) < 4.78 is 17.5. The number of fused-ring (bicyclic) bond motifs is 3. The number of aryl methyl sites for hydroxylation is 1. The molecule has 0 saturated carbocycles. The molecular formula is C14H13O2P. The van der Waals surface area contributed by atoms with Crippen molar-refractivity contribution in [2.45, 2.75) is 13.3 Å². The highest BCUT2D eigenvalue weighted by Crippen LogP contribution is 2.42. The summed E-state index contributed by atoms with van der Waals surface area (Å²) in [4.78, 5) is 0. The van der Waals surface area contributed by atoms with Gasteiger partial charge in [-0.25, -0.2) is 0 Å². The maximum Gasteiger partial charge on any atom is 0.266 e. The Bertz CT molecular complexity index is 605. The van der Waals surface area contributed by atoms with Crippen LogP contribution in [0.15, 0.2) is 42.5 Å². The van der Waals surface area contributed by atoms with Crippen LogP contribution in [0.4, 0.5) is 0 Å². The molecule has 0 radical (unpaired) electrons. The highest BCUT2D eigenvalue weighted by atomic mass is 31.1. The van der Waals surface area contributed by atoms with Gasteiger partial charge in [0.1, 0.15) is 5.75 Å². The summed E-state index contributed by atoms with van der Waals surface area (Å²) in [5, 5.41) is 0.832. The smallest absolute Gasteiger partial charge is 0.266 e. The quantitative estimate of drug-likeness (QED) is 0.718. The monoisotopic (exact) mass is 244 g/mol. The van der Waals surface area contributed by atoms with Crippen molar-refractivity contribution in [3.63, 3.8) is 0 Å². The van der Waals surface area contributed by atoms with Gasteiger partial charge in [-0.1, -0.05) is 31.2 Å². The average Bonchev–Trinajstić information content (AvgIpc) is 2.39. The van der Waals surface area contributed by atoms with Gasteiger partial charge in [-0.3, -0.25) is 4.57 Å². The van der Waals surface area contributed by atoms with Crippen molar-refractivity contribution >= 4 is 13.3 Å². The van der Waals surface area contributed by atoms with Crippen LogP contribution in [-0.2, 0) is 11.0 Å². The Kier molecular flexibility index (Phi) is 2.53. The first-order valence-corrected chi connectivity index (χ1v) is 7.05. The topological polar surface area (TPSA) is 26.3 Å². The molecule has 1 heterocycles. The molecule has 0 spiro atoms. The maximum absolute atomic E-state index is 12.0. The fourth-order valence-electron chi connectivity index (χ4n) is 2.15. The van der Waals surface area contributed by atoms with E-state index in [-0.39, 0.29) is 0 Å². The lowest BCUT2D eigenvalue weighted by molar-refractivity contribution is 0.513. The van der Waals surface area contributed by atoms with Crippen molar-refractivity contribution in [3.05, 3.63) is 48.0 Å². The van der Waals surface area contributed by atoms with Crippen molar-refractivity contribution in [1.82, 2.24) is 0 Å². The molecule has 3 rings (SSSR count). The van der Waals surface area contributed by atoms with Crippen LogP contribution in [0.5, 0.6) is 5.75 Å². The van der Waals surface area contributed by atoms with E-state index in [1.807, 2.05) is 36.4 Å². The van der Waals surface area contributed by atoms with Crippen LogP contribution < -0.4 is 9.83 Å². The number of benzene rings is 2. The third-order valence-electron chi connectivity index (χ3n) is 3.09. The highest BCUT2D eigenvalue weighted by Gasteiger charge is 2.21. The van der Waals surface area contributed by atoms with E-state index < -0.39 is 8.03 Å². The standard InChI is InChI=1S/C14H13O2P/c1-2-10-7-8-13-12(9-10)11-5-3-4-6-14(11)17(15)16-13/h3-9,17H,2H2,1H3. The van der Waals surface area contributed by atoms with Crippen LogP contribution in [0, 0.1) is 0 Å². The number of rotatable bonds is 1.